The summed E-state index contributed by atoms with van der Waals surface area (Å²) >= 11 is 0. The first-order valence-corrected chi connectivity index (χ1v) is 6.88. The van der Waals surface area contributed by atoms with E-state index >= 15 is 0 Å². The van der Waals surface area contributed by atoms with Crippen molar-refractivity contribution in [3.05, 3.63) is 70.8 Å². The molecule has 0 saturated carbocycles. The molecule has 3 rings (SSSR count). The van der Waals surface area contributed by atoms with E-state index in [1.807, 2.05) is 19.2 Å². The van der Waals surface area contributed by atoms with Crippen LogP contribution in [-0.2, 0) is 12.8 Å². The fourth-order valence-corrected chi connectivity index (χ4v) is 3.03. The van der Waals surface area contributed by atoms with Crippen LogP contribution in [0.5, 0.6) is 0 Å². The van der Waals surface area contributed by atoms with Gasteiger partial charge in [-0.15, -0.1) is 0 Å². The normalized spacial score (nSPS) is 18.2. The lowest BCUT2D eigenvalue weighted by Gasteiger charge is -2.36. The van der Waals surface area contributed by atoms with Crippen LogP contribution in [0.15, 0.2) is 42.5 Å². The minimum atomic E-state index is -0.527. The van der Waals surface area contributed by atoms with E-state index in [4.69, 9.17) is 0 Å². The van der Waals surface area contributed by atoms with Crippen molar-refractivity contribution >= 4 is 0 Å². The van der Waals surface area contributed by atoms with Gasteiger partial charge in [-0.3, -0.25) is 0 Å². The lowest BCUT2D eigenvalue weighted by molar-refractivity contribution is 0.416. The number of likely N-dealkylation sites (N-methyl/N-ethyl adjacent to an activating group) is 1. The zero-order valence-corrected chi connectivity index (χ0v) is 11.4. The fourth-order valence-electron chi connectivity index (χ4n) is 3.03. The molecule has 0 aliphatic heterocycles. The van der Waals surface area contributed by atoms with Crippen LogP contribution in [0.2, 0.25) is 0 Å². The molecule has 3 heteroatoms. The number of fused-ring (bicyclic) bond motifs is 1. The first-order chi connectivity index (χ1) is 9.69. The van der Waals surface area contributed by atoms with Gasteiger partial charge in [0.15, 0.2) is 0 Å². The van der Waals surface area contributed by atoms with Crippen molar-refractivity contribution in [2.75, 3.05) is 7.05 Å². The van der Waals surface area contributed by atoms with E-state index < -0.39 is 11.6 Å². The average Bonchev–Trinajstić information content (AvgIpc) is 2.41. The summed E-state index contributed by atoms with van der Waals surface area (Å²) < 4.78 is 26.7. The SMILES string of the molecule is CNC(Cc1ccc(F)cc1F)C1Cc2ccccc21. The summed E-state index contributed by atoms with van der Waals surface area (Å²) in [7, 11) is 1.90. The molecule has 0 heterocycles. The summed E-state index contributed by atoms with van der Waals surface area (Å²) in [6, 6.07) is 12.3. The van der Waals surface area contributed by atoms with Crippen LogP contribution in [0.25, 0.3) is 0 Å². The van der Waals surface area contributed by atoms with E-state index in [0.29, 0.717) is 17.9 Å². The molecule has 0 saturated heterocycles. The third kappa shape index (κ3) is 2.34. The van der Waals surface area contributed by atoms with Gasteiger partial charge in [0, 0.05) is 18.0 Å². The summed E-state index contributed by atoms with van der Waals surface area (Å²) in [5, 5.41) is 3.27. The Morgan fingerprint density at radius 3 is 2.70 bits per heavy atom. The maximum Gasteiger partial charge on any atom is 0.129 e. The van der Waals surface area contributed by atoms with Gasteiger partial charge >= 0.3 is 0 Å². The van der Waals surface area contributed by atoms with Gasteiger partial charge in [0.05, 0.1) is 0 Å². The molecular weight excluding hydrogens is 256 g/mol. The first-order valence-electron chi connectivity index (χ1n) is 6.88. The van der Waals surface area contributed by atoms with E-state index in [0.717, 1.165) is 12.5 Å². The van der Waals surface area contributed by atoms with Gasteiger partial charge in [0.25, 0.3) is 0 Å². The van der Waals surface area contributed by atoms with Gasteiger partial charge in [-0.1, -0.05) is 30.3 Å². The largest absolute Gasteiger partial charge is 0.316 e. The van der Waals surface area contributed by atoms with Crippen molar-refractivity contribution in [1.29, 1.82) is 0 Å². The maximum atomic E-state index is 13.8. The van der Waals surface area contributed by atoms with Crippen molar-refractivity contribution in [3.8, 4) is 0 Å². The van der Waals surface area contributed by atoms with E-state index in [1.54, 1.807) is 6.07 Å². The average molecular weight is 273 g/mol. The fraction of sp³-hybridized carbons (Fsp3) is 0.294. The Kier molecular flexibility index (Phi) is 3.53. The van der Waals surface area contributed by atoms with Gasteiger partial charge in [0.1, 0.15) is 11.6 Å². The summed E-state index contributed by atoms with van der Waals surface area (Å²) in [5.74, 6) is -0.584. The lowest BCUT2D eigenvalue weighted by atomic mass is 9.72. The second kappa shape index (κ2) is 5.33. The van der Waals surface area contributed by atoms with E-state index in [1.165, 1.54) is 17.2 Å². The highest BCUT2D eigenvalue weighted by atomic mass is 19.1. The monoisotopic (exact) mass is 273 g/mol. The van der Waals surface area contributed by atoms with Crippen molar-refractivity contribution in [3.63, 3.8) is 0 Å². The molecule has 1 aliphatic rings. The van der Waals surface area contributed by atoms with E-state index in [-0.39, 0.29) is 6.04 Å². The van der Waals surface area contributed by atoms with Crippen molar-refractivity contribution in [2.45, 2.75) is 24.8 Å². The Hall–Kier alpha value is -1.74. The minimum Gasteiger partial charge on any atom is -0.316 e. The number of hydrogen-bond acceptors (Lipinski definition) is 1. The molecule has 104 valence electrons. The smallest absolute Gasteiger partial charge is 0.129 e. The van der Waals surface area contributed by atoms with Crippen LogP contribution in [0.1, 0.15) is 22.6 Å². The van der Waals surface area contributed by atoms with Crippen LogP contribution < -0.4 is 5.32 Å². The van der Waals surface area contributed by atoms with Gasteiger partial charge in [-0.2, -0.15) is 0 Å². The summed E-state index contributed by atoms with van der Waals surface area (Å²) in [6.45, 7) is 0. The molecule has 1 aliphatic carbocycles. The molecule has 1 nitrogen and oxygen atoms in total. The highest BCUT2D eigenvalue weighted by molar-refractivity contribution is 5.41. The quantitative estimate of drug-likeness (QED) is 0.900. The van der Waals surface area contributed by atoms with Crippen LogP contribution in [0.3, 0.4) is 0 Å². The van der Waals surface area contributed by atoms with Gasteiger partial charge in [0.2, 0.25) is 0 Å². The molecule has 0 amide bonds. The number of hydrogen-bond donors (Lipinski definition) is 1. The molecule has 0 radical (unpaired) electrons. The Bertz CT molecular complexity index is 624. The molecule has 2 aromatic rings. The highest BCUT2D eigenvalue weighted by Crippen LogP contribution is 2.38. The van der Waals surface area contributed by atoms with Crippen LogP contribution >= 0.6 is 0 Å². The number of rotatable bonds is 4. The first kappa shape index (κ1) is 13.3. The van der Waals surface area contributed by atoms with Crippen molar-refractivity contribution in [2.24, 2.45) is 0 Å². The topological polar surface area (TPSA) is 12.0 Å². The molecular formula is C17H17F2N. The van der Waals surface area contributed by atoms with Gasteiger partial charge in [-0.05, 0) is 42.6 Å². The minimum absolute atomic E-state index is 0.171. The molecule has 2 aromatic carbocycles. The van der Waals surface area contributed by atoms with Crippen LogP contribution in [0, 0.1) is 11.6 Å². The van der Waals surface area contributed by atoms with Crippen molar-refractivity contribution in [1.82, 2.24) is 5.32 Å². The summed E-state index contributed by atoms with van der Waals surface area (Å²) in [4.78, 5) is 0. The molecule has 20 heavy (non-hydrogen) atoms. The number of halogens is 2. The lowest BCUT2D eigenvalue weighted by Crippen LogP contribution is -2.39. The zero-order chi connectivity index (χ0) is 14.1. The molecule has 1 N–H and O–H groups in total. The molecule has 0 fully saturated rings. The molecule has 2 atom stereocenters. The van der Waals surface area contributed by atoms with E-state index in [9.17, 15) is 8.78 Å². The highest BCUT2D eigenvalue weighted by Gasteiger charge is 2.32. The molecule has 0 aromatic heterocycles. The predicted octanol–water partition coefficient (Wildman–Crippen LogP) is 3.44. The number of nitrogens with one attached hydrogen (secondary N) is 1. The summed E-state index contributed by atoms with van der Waals surface area (Å²) in [6.07, 6.45) is 1.59. The Morgan fingerprint density at radius 2 is 2.00 bits per heavy atom. The predicted molar refractivity (Wildman–Crippen MR) is 75.8 cm³/mol. The summed E-state index contributed by atoms with van der Waals surface area (Å²) in [5.41, 5.74) is 3.28. The Morgan fingerprint density at radius 1 is 1.20 bits per heavy atom. The molecule has 0 bridgehead atoms. The van der Waals surface area contributed by atoms with Crippen LogP contribution in [0.4, 0.5) is 8.78 Å². The second-order valence-electron chi connectivity index (χ2n) is 5.34. The number of benzene rings is 2. The standard InChI is InChI=1S/C17H17F2N/c1-20-17(9-12-6-7-13(18)10-16(12)19)15-8-11-4-2-3-5-14(11)15/h2-7,10,15,17,20H,8-9H2,1H3. The third-order valence-electron chi connectivity index (χ3n) is 4.21. The molecule has 2 unspecified atom stereocenters. The van der Waals surface area contributed by atoms with Gasteiger partial charge in [-0.25, -0.2) is 8.78 Å². The van der Waals surface area contributed by atoms with Crippen LogP contribution in [-0.4, -0.2) is 13.1 Å². The molecule has 0 spiro atoms. The Balaban J connectivity index is 1.79. The van der Waals surface area contributed by atoms with Crippen molar-refractivity contribution < 1.29 is 8.78 Å². The maximum absolute atomic E-state index is 13.8. The third-order valence-corrected chi connectivity index (χ3v) is 4.21. The zero-order valence-electron chi connectivity index (χ0n) is 11.4. The van der Waals surface area contributed by atoms with E-state index in [2.05, 4.69) is 17.4 Å². The Labute approximate surface area is 117 Å². The van der Waals surface area contributed by atoms with Gasteiger partial charge < -0.3 is 5.32 Å². The second-order valence-corrected chi connectivity index (χ2v) is 5.34.